The van der Waals surface area contributed by atoms with Gasteiger partial charge in [-0.05, 0) is 31.4 Å². The van der Waals surface area contributed by atoms with E-state index in [4.69, 9.17) is 0 Å². The van der Waals surface area contributed by atoms with Crippen LogP contribution in [0.4, 0.5) is 10.2 Å². The van der Waals surface area contributed by atoms with Gasteiger partial charge in [-0.2, -0.15) is 0 Å². The van der Waals surface area contributed by atoms with Crippen LogP contribution in [-0.2, 0) is 0 Å². The Morgan fingerprint density at radius 1 is 1.22 bits per heavy atom. The number of aromatic nitrogens is 4. The Balaban J connectivity index is 1.46. The molecule has 1 saturated heterocycles. The number of fused-ring (bicyclic) bond motifs is 1. The number of nitrogens with zero attached hydrogens (tertiary/aromatic N) is 5. The number of aromatic amines is 1. The normalized spacial score (nSPS) is 18.7. The standard InChI is InChI=1S/C19H19FN6O/c20-14-8-13(9-21-10-14)18(27)26-7-1-6-25(11-19(26)3-4-19)17-15-2-5-22-16(15)23-12-24-17/h2,5,8-10,12H,1,3-4,6-7,11H2,(H,22,23,24). The maximum Gasteiger partial charge on any atom is 0.256 e. The summed E-state index contributed by atoms with van der Waals surface area (Å²) in [6, 6.07) is 3.25. The molecule has 0 radical (unpaired) electrons. The van der Waals surface area contributed by atoms with E-state index in [1.807, 2.05) is 17.2 Å². The Hall–Kier alpha value is -3.03. The zero-order valence-corrected chi connectivity index (χ0v) is 14.7. The quantitative estimate of drug-likeness (QED) is 0.753. The summed E-state index contributed by atoms with van der Waals surface area (Å²) >= 11 is 0. The number of pyridine rings is 1. The zero-order valence-electron chi connectivity index (χ0n) is 14.7. The lowest BCUT2D eigenvalue weighted by Gasteiger charge is -2.32. The summed E-state index contributed by atoms with van der Waals surface area (Å²) in [5.41, 5.74) is 0.908. The average Bonchev–Trinajstić information content (AvgIpc) is 3.34. The fourth-order valence-corrected chi connectivity index (χ4v) is 4.04. The average molecular weight is 366 g/mol. The van der Waals surface area contributed by atoms with E-state index in [1.54, 1.807) is 6.33 Å². The minimum Gasteiger partial charge on any atom is -0.354 e. The summed E-state index contributed by atoms with van der Waals surface area (Å²) in [7, 11) is 0. The van der Waals surface area contributed by atoms with Gasteiger partial charge in [0.15, 0.2) is 0 Å². The molecule has 1 aliphatic heterocycles. The highest BCUT2D eigenvalue weighted by molar-refractivity contribution is 5.95. The van der Waals surface area contributed by atoms with E-state index in [0.717, 1.165) is 55.4 Å². The van der Waals surface area contributed by atoms with Gasteiger partial charge in [0.2, 0.25) is 0 Å². The Bertz CT molecular complexity index is 1010. The maximum atomic E-state index is 13.5. The van der Waals surface area contributed by atoms with Crippen LogP contribution in [0.1, 0.15) is 29.6 Å². The van der Waals surface area contributed by atoms with Gasteiger partial charge < -0.3 is 14.8 Å². The molecule has 3 aromatic heterocycles. The van der Waals surface area contributed by atoms with Crippen molar-refractivity contribution in [3.05, 3.63) is 48.4 Å². The van der Waals surface area contributed by atoms with E-state index >= 15 is 0 Å². The molecule has 1 aliphatic carbocycles. The van der Waals surface area contributed by atoms with Gasteiger partial charge in [0.1, 0.15) is 23.6 Å². The molecule has 27 heavy (non-hydrogen) atoms. The first-order valence-corrected chi connectivity index (χ1v) is 9.12. The van der Waals surface area contributed by atoms with Crippen molar-refractivity contribution in [3.8, 4) is 0 Å². The summed E-state index contributed by atoms with van der Waals surface area (Å²) < 4.78 is 13.5. The molecule has 2 fully saturated rings. The lowest BCUT2D eigenvalue weighted by Crippen LogP contribution is -2.46. The van der Waals surface area contributed by atoms with E-state index in [0.29, 0.717) is 12.1 Å². The molecule has 1 saturated carbocycles. The van der Waals surface area contributed by atoms with Crippen LogP contribution in [0.5, 0.6) is 0 Å². The van der Waals surface area contributed by atoms with Crippen molar-refractivity contribution in [1.82, 2.24) is 24.8 Å². The third-order valence-corrected chi connectivity index (χ3v) is 5.52. The molecular weight excluding hydrogens is 347 g/mol. The lowest BCUT2D eigenvalue weighted by molar-refractivity contribution is 0.0668. The topological polar surface area (TPSA) is 78.0 Å². The lowest BCUT2D eigenvalue weighted by atomic mass is 10.1. The molecule has 1 amide bonds. The van der Waals surface area contributed by atoms with Gasteiger partial charge in [-0.1, -0.05) is 0 Å². The molecule has 0 atom stereocenters. The number of carbonyl (C=O) groups excluding carboxylic acids is 1. The minimum absolute atomic E-state index is 0.143. The van der Waals surface area contributed by atoms with Gasteiger partial charge in [-0.3, -0.25) is 9.78 Å². The van der Waals surface area contributed by atoms with Crippen molar-refractivity contribution < 1.29 is 9.18 Å². The molecular formula is C19H19FN6O. The van der Waals surface area contributed by atoms with Crippen LogP contribution in [0.15, 0.2) is 37.1 Å². The SMILES string of the molecule is O=C(c1cncc(F)c1)N1CCCN(c2ncnc3[nH]ccc23)CC12CC2. The third-order valence-electron chi connectivity index (χ3n) is 5.52. The van der Waals surface area contributed by atoms with Crippen molar-refractivity contribution in [2.24, 2.45) is 0 Å². The van der Waals surface area contributed by atoms with Gasteiger partial charge in [0.05, 0.1) is 22.7 Å². The number of rotatable bonds is 2. The smallest absolute Gasteiger partial charge is 0.256 e. The molecule has 4 heterocycles. The number of carbonyl (C=O) groups is 1. The predicted octanol–water partition coefficient (Wildman–Crippen LogP) is 2.38. The summed E-state index contributed by atoms with van der Waals surface area (Å²) in [5, 5.41) is 0.988. The monoisotopic (exact) mass is 366 g/mol. The van der Waals surface area contributed by atoms with E-state index in [9.17, 15) is 9.18 Å². The molecule has 138 valence electrons. The minimum atomic E-state index is -0.488. The Morgan fingerprint density at radius 3 is 2.93 bits per heavy atom. The fraction of sp³-hybridized carbons (Fsp3) is 0.368. The third kappa shape index (κ3) is 2.72. The number of nitrogens with one attached hydrogen (secondary N) is 1. The maximum absolute atomic E-state index is 13.5. The van der Waals surface area contributed by atoms with Gasteiger partial charge in [-0.25, -0.2) is 14.4 Å². The van der Waals surface area contributed by atoms with Crippen molar-refractivity contribution in [2.75, 3.05) is 24.5 Å². The highest BCUT2D eigenvalue weighted by atomic mass is 19.1. The predicted molar refractivity (Wildman–Crippen MR) is 97.9 cm³/mol. The van der Waals surface area contributed by atoms with Gasteiger partial charge >= 0.3 is 0 Å². The van der Waals surface area contributed by atoms with E-state index in [1.165, 1.54) is 12.3 Å². The fourth-order valence-electron chi connectivity index (χ4n) is 4.04. The second-order valence-corrected chi connectivity index (χ2v) is 7.29. The van der Waals surface area contributed by atoms with Crippen LogP contribution < -0.4 is 4.90 Å². The first kappa shape index (κ1) is 16.2. The number of amides is 1. The van der Waals surface area contributed by atoms with Crippen molar-refractivity contribution in [1.29, 1.82) is 0 Å². The van der Waals surface area contributed by atoms with Gasteiger partial charge in [0, 0.05) is 32.0 Å². The zero-order chi connectivity index (χ0) is 18.4. The van der Waals surface area contributed by atoms with Crippen LogP contribution in [-0.4, -0.2) is 55.9 Å². The molecule has 0 aromatic carbocycles. The van der Waals surface area contributed by atoms with Crippen LogP contribution in [0.3, 0.4) is 0 Å². The van der Waals surface area contributed by atoms with Crippen LogP contribution in [0, 0.1) is 5.82 Å². The van der Waals surface area contributed by atoms with E-state index in [2.05, 4.69) is 24.8 Å². The number of halogens is 1. The first-order valence-electron chi connectivity index (χ1n) is 9.12. The van der Waals surface area contributed by atoms with E-state index < -0.39 is 5.82 Å². The Kier molecular flexibility index (Phi) is 3.60. The molecule has 2 aliphatic rings. The summed E-state index contributed by atoms with van der Waals surface area (Å²) in [6.45, 7) is 2.18. The number of anilines is 1. The first-order chi connectivity index (χ1) is 13.2. The Labute approximate surface area is 155 Å². The molecule has 1 spiro atoms. The molecule has 1 N–H and O–H groups in total. The molecule has 0 unspecified atom stereocenters. The number of hydrogen-bond donors (Lipinski definition) is 1. The van der Waals surface area contributed by atoms with Crippen LogP contribution >= 0.6 is 0 Å². The highest BCUT2D eigenvalue weighted by Crippen LogP contribution is 2.45. The van der Waals surface area contributed by atoms with Crippen molar-refractivity contribution in [2.45, 2.75) is 24.8 Å². The van der Waals surface area contributed by atoms with Gasteiger partial charge in [-0.15, -0.1) is 0 Å². The molecule has 3 aromatic rings. The Morgan fingerprint density at radius 2 is 2.11 bits per heavy atom. The molecule has 5 rings (SSSR count). The molecule has 8 heteroatoms. The number of H-pyrrole nitrogens is 1. The summed E-state index contributed by atoms with van der Waals surface area (Å²) in [5.74, 6) is 0.267. The second-order valence-electron chi connectivity index (χ2n) is 7.29. The molecule has 7 nitrogen and oxygen atoms in total. The van der Waals surface area contributed by atoms with Crippen molar-refractivity contribution in [3.63, 3.8) is 0 Å². The number of hydrogen-bond acceptors (Lipinski definition) is 5. The van der Waals surface area contributed by atoms with Crippen LogP contribution in [0.25, 0.3) is 11.0 Å². The summed E-state index contributed by atoms with van der Waals surface area (Å²) in [4.78, 5) is 32.9. The largest absolute Gasteiger partial charge is 0.354 e. The van der Waals surface area contributed by atoms with E-state index in [-0.39, 0.29) is 11.4 Å². The molecule has 0 bridgehead atoms. The van der Waals surface area contributed by atoms with Crippen LogP contribution in [0.2, 0.25) is 0 Å². The van der Waals surface area contributed by atoms with Crippen molar-refractivity contribution >= 4 is 22.8 Å². The highest BCUT2D eigenvalue weighted by Gasteiger charge is 2.52. The summed E-state index contributed by atoms with van der Waals surface area (Å²) in [6.07, 6.45) is 8.70. The van der Waals surface area contributed by atoms with Gasteiger partial charge in [0.25, 0.3) is 5.91 Å². The second kappa shape index (κ2) is 6.00.